The highest BCUT2D eigenvalue weighted by molar-refractivity contribution is 5.92. The van der Waals surface area contributed by atoms with Crippen LogP contribution in [0.4, 0.5) is 5.69 Å². The van der Waals surface area contributed by atoms with Crippen molar-refractivity contribution in [2.45, 2.75) is 46.5 Å². The summed E-state index contributed by atoms with van der Waals surface area (Å²) in [7, 11) is 0. The third-order valence-corrected chi connectivity index (χ3v) is 4.05. The third kappa shape index (κ3) is 6.43. The number of aryl methyl sites for hydroxylation is 2. The lowest BCUT2D eigenvalue weighted by Gasteiger charge is -2.13. The third-order valence-electron chi connectivity index (χ3n) is 4.05. The second-order valence-corrected chi connectivity index (χ2v) is 6.47. The SMILES string of the molecule is CCCCOc1ccccc1NC(=O)CCCOc1ccc(C)cc1C. The summed E-state index contributed by atoms with van der Waals surface area (Å²) in [5.41, 5.74) is 3.06. The number of rotatable bonds is 10. The second kappa shape index (κ2) is 10.5. The van der Waals surface area contributed by atoms with E-state index in [1.807, 2.05) is 43.3 Å². The molecule has 1 N–H and O–H groups in total. The van der Waals surface area contributed by atoms with E-state index in [1.54, 1.807) is 0 Å². The first kappa shape index (κ1) is 19.8. The topological polar surface area (TPSA) is 47.6 Å². The molecule has 1 amide bonds. The maximum atomic E-state index is 12.2. The quantitative estimate of drug-likeness (QED) is 0.590. The van der Waals surface area contributed by atoms with Crippen LogP contribution >= 0.6 is 0 Å². The predicted octanol–water partition coefficient (Wildman–Crippen LogP) is 5.28. The van der Waals surface area contributed by atoms with Crippen LogP contribution in [0.5, 0.6) is 11.5 Å². The normalized spacial score (nSPS) is 10.4. The summed E-state index contributed by atoms with van der Waals surface area (Å²) in [4.78, 5) is 12.2. The number of hydrogen-bond acceptors (Lipinski definition) is 3. The van der Waals surface area contributed by atoms with Crippen LogP contribution in [-0.2, 0) is 4.79 Å². The summed E-state index contributed by atoms with van der Waals surface area (Å²) in [5, 5.41) is 2.94. The van der Waals surface area contributed by atoms with Crippen LogP contribution in [0.2, 0.25) is 0 Å². The van der Waals surface area contributed by atoms with Gasteiger partial charge in [0.25, 0.3) is 0 Å². The standard InChI is InChI=1S/C22H29NO3/c1-4-5-14-26-21-10-7-6-9-19(21)23-22(24)11-8-15-25-20-13-12-17(2)16-18(20)3/h6-7,9-10,12-13,16H,4-5,8,11,14-15H2,1-3H3,(H,23,24). The summed E-state index contributed by atoms with van der Waals surface area (Å²) >= 11 is 0. The van der Waals surface area contributed by atoms with E-state index in [-0.39, 0.29) is 5.91 Å². The van der Waals surface area contributed by atoms with Crippen LogP contribution in [-0.4, -0.2) is 19.1 Å². The Morgan fingerprint density at radius 1 is 0.962 bits per heavy atom. The van der Waals surface area contributed by atoms with Crippen LogP contribution in [0.3, 0.4) is 0 Å². The molecule has 0 spiro atoms. The molecule has 4 nitrogen and oxygen atoms in total. The molecule has 0 heterocycles. The largest absolute Gasteiger partial charge is 0.493 e. The van der Waals surface area contributed by atoms with Gasteiger partial charge in [-0.1, -0.05) is 43.2 Å². The molecule has 0 atom stereocenters. The Morgan fingerprint density at radius 2 is 1.69 bits per heavy atom. The molecule has 0 aliphatic carbocycles. The molecule has 26 heavy (non-hydrogen) atoms. The molecule has 2 aromatic carbocycles. The average Bonchev–Trinajstić information content (AvgIpc) is 2.62. The van der Waals surface area contributed by atoms with Gasteiger partial charge in [-0.3, -0.25) is 4.79 Å². The minimum Gasteiger partial charge on any atom is -0.493 e. The first-order valence-corrected chi connectivity index (χ1v) is 9.32. The van der Waals surface area contributed by atoms with E-state index in [0.717, 1.165) is 35.6 Å². The molecular weight excluding hydrogens is 326 g/mol. The summed E-state index contributed by atoms with van der Waals surface area (Å²) in [6.45, 7) is 7.39. The summed E-state index contributed by atoms with van der Waals surface area (Å²) < 4.78 is 11.5. The monoisotopic (exact) mass is 355 g/mol. The van der Waals surface area contributed by atoms with Gasteiger partial charge < -0.3 is 14.8 Å². The minimum atomic E-state index is -0.0271. The molecular formula is C22H29NO3. The van der Waals surface area contributed by atoms with E-state index in [0.29, 0.717) is 26.1 Å². The van der Waals surface area contributed by atoms with E-state index in [1.165, 1.54) is 5.56 Å². The van der Waals surface area contributed by atoms with Crippen molar-refractivity contribution >= 4 is 11.6 Å². The maximum absolute atomic E-state index is 12.2. The lowest BCUT2D eigenvalue weighted by atomic mass is 10.1. The number of benzene rings is 2. The minimum absolute atomic E-state index is 0.0271. The smallest absolute Gasteiger partial charge is 0.224 e. The predicted molar refractivity (Wildman–Crippen MR) is 106 cm³/mol. The number of carbonyl (C=O) groups is 1. The van der Waals surface area contributed by atoms with Crippen molar-refractivity contribution in [3.8, 4) is 11.5 Å². The fourth-order valence-electron chi connectivity index (χ4n) is 2.61. The molecule has 0 saturated heterocycles. The number of unbranched alkanes of at least 4 members (excludes halogenated alkanes) is 1. The van der Waals surface area contributed by atoms with Gasteiger partial charge in [0.2, 0.25) is 5.91 Å². The van der Waals surface area contributed by atoms with Crippen molar-refractivity contribution in [2.75, 3.05) is 18.5 Å². The van der Waals surface area contributed by atoms with Gasteiger partial charge in [0.05, 0.1) is 18.9 Å². The molecule has 0 aliphatic heterocycles. The molecule has 4 heteroatoms. The van der Waals surface area contributed by atoms with Crippen LogP contribution in [0.25, 0.3) is 0 Å². The number of ether oxygens (including phenoxy) is 2. The van der Waals surface area contributed by atoms with E-state index in [4.69, 9.17) is 9.47 Å². The van der Waals surface area contributed by atoms with Crippen molar-refractivity contribution in [3.63, 3.8) is 0 Å². The highest BCUT2D eigenvalue weighted by Gasteiger charge is 2.08. The summed E-state index contributed by atoms with van der Waals surface area (Å²) in [5.74, 6) is 1.58. The van der Waals surface area contributed by atoms with Crippen LogP contribution in [0.1, 0.15) is 43.7 Å². The van der Waals surface area contributed by atoms with Crippen molar-refractivity contribution in [3.05, 3.63) is 53.6 Å². The van der Waals surface area contributed by atoms with Gasteiger partial charge in [0.15, 0.2) is 0 Å². The Balaban J connectivity index is 1.76. The van der Waals surface area contributed by atoms with E-state index < -0.39 is 0 Å². The zero-order valence-electron chi connectivity index (χ0n) is 16.0. The number of carbonyl (C=O) groups excluding carboxylic acids is 1. The first-order chi connectivity index (χ1) is 12.6. The molecule has 0 bridgehead atoms. The van der Waals surface area contributed by atoms with Gasteiger partial charge in [-0.15, -0.1) is 0 Å². The summed E-state index contributed by atoms with van der Waals surface area (Å²) in [6, 6.07) is 13.7. The van der Waals surface area contributed by atoms with Crippen molar-refractivity contribution in [1.29, 1.82) is 0 Å². The lowest BCUT2D eigenvalue weighted by Crippen LogP contribution is -2.14. The van der Waals surface area contributed by atoms with Gasteiger partial charge in [-0.2, -0.15) is 0 Å². The number of hydrogen-bond donors (Lipinski definition) is 1. The van der Waals surface area contributed by atoms with Crippen molar-refractivity contribution in [2.24, 2.45) is 0 Å². The van der Waals surface area contributed by atoms with Crippen LogP contribution in [0.15, 0.2) is 42.5 Å². The Bertz CT molecular complexity index is 712. The molecule has 2 rings (SSSR count). The van der Waals surface area contributed by atoms with E-state index in [9.17, 15) is 4.79 Å². The maximum Gasteiger partial charge on any atom is 0.224 e. The Morgan fingerprint density at radius 3 is 2.46 bits per heavy atom. The average molecular weight is 355 g/mol. The fraction of sp³-hybridized carbons (Fsp3) is 0.409. The molecule has 0 aliphatic rings. The van der Waals surface area contributed by atoms with Gasteiger partial charge in [0.1, 0.15) is 11.5 Å². The molecule has 2 aromatic rings. The fourth-order valence-corrected chi connectivity index (χ4v) is 2.61. The molecule has 0 aromatic heterocycles. The highest BCUT2D eigenvalue weighted by atomic mass is 16.5. The number of para-hydroxylation sites is 2. The van der Waals surface area contributed by atoms with Gasteiger partial charge >= 0.3 is 0 Å². The zero-order chi connectivity index (χ0) is 18.8. The first-order valence-electron chi connectivity index (χ1n) is 9.32. The van der Waals surface area contributed by atoms with E-state index >= 15 is 0 Å². The lowest BCUT2D eigenvalue weighted by molar-refractivity contribution is -0.116. The summed E-state index contributed by atoms with van der Waals surface area (Å²) in [6.07, 6.45) is 3.15. The number of anilines is 1. The molecule has 0 saturated carbocycles. The van der Waals surface area contributed by atoms with Crippen LogP contribution in [0, 0.1) is 13.8 Å². The Hall–Kier alpha value is -2.49. The van der Waals surface area contributed by atoms with E-state index in [2.05, 4.69) is 25.2 Å². The van der Waals surface area contributed by atoms with Gasteiger partial charge in [0, 0.05) is 6.42 Å². The molecule has 140 valence electrons. The van der Waals surface area contributed by atoms with Crippen LogP contribution < -0.4 is 14.8 Å². The Kier molecular flexibility index (Phi) is 8.00. The van der Waals surface area contributed by atoms with Crippen molar-refractivity contribution < 1.29 is 14.3 Å². The van der Waals surface area contributed by atoms with Gasteiger partial charge in [-0.05, 0) is 50.5 Å². The van der Waals surface area contributed by atoms with Gasteiger partial charge in [-0.25, -0.2) is 0 Å². The zero-order valence-corrected chi connectivity index (χ0v) is 16.0. The van der Waals surface area contributed by atoms with Crippen molar-refractivity contribution in [1.82, 2.24) is 0 Å². The molecule has 0 unspecified atom stereocenters. The number of nitrogens with one attached hydrogen (secondary N) is 1. The second-order valence-electron chi connectivity index (χ2n) is 6.47. The highest BCUT2D eigenvalue weighted by Crippen LogP contribution is 2.24. The Labute approximate surface area is 156 Å². The molecule has 0 fully saturated rings. The molecule has 0 radical (unpaired) electrons. The number of amides is 1.